The molecule has 226 valence electrons. The smallest absolute Gasteiger partial charge is 0.234 e. The van der Waals surface area contributed by atoms with E-state index < -0.39 is 17.5 Å². The Morgan fingerprint density at radius 2 is 1.75 bits per heavy atom. The first-order chi connectivity index (χ1) is 21.3. The lowest BCUT2D eigenvalue weighted by atomic mass is 10.1. The molecule has 3 aromatic heterocycles. The first-order valence-electron chi connectivity index (χ1n) is 13.8. The van der Waals surface area contributed by atoms with Gasteiger partial charge in [-0.15, -0.1) is 11.3 Å². The minimum absolute atomic E-state index is 0.000723. The van der Waals surface area contributed by atoms with E-state index in [9.17, 15) is 14.0 Å². The summed E-state index contributed by atoms with van der Waals surface area (Å²) in [6.07, 6.45) is 2.93. The molecule has 0 fully saturated rings. The van der Waals surface area contributed by atoms with Gasteiger partial charge in [0, 0.05) is 57.8 Å². The molecule has 5 rings (SSSR count). The number of amides is 1. The van der Waals surface area contributed by atoms with Crippen LogP contribution in [0.15, 0.2) is 79.1 Å². The van der Waals surface area contributed by atoms with Gasteiger partial charge in [0.1, 0.15) is 17.3 Å². The number of ketones is 1. The maximum atomic E-state index is 15.1. The molecule has 44 heavy (non-hydrogen) atoms. The summed E-state index contributed by atoms with van der Waals surface area (Å²) < 4.78 is 40.0. The number of Topliss-reactive ketones (excluding diaryl/α,β-unsaturated/α-hetero) is 1. The number of carbonyl (C=O) groups excluding carboxylic acids is 2. The van der Waals surface area contributed by atoms with Crippen LogP contribution in [0.5, 0.6) is 11.5 Å². The number of carbonyl (C=O) groups is 2. The molecule has 0 radical (unpaired) electrons. The monoisotopic (exact) mass is 616 g/mol. The molecule has 8 nitrogen and oxygen atoms in total. The number of nitrogens with zero attached hydrogens (tertiary/aromatic N) is 3. The number of pyridine rings is 2. The average Bonchev–Trinajstić information content (AvgIpc) is 3.46. The molecule has 3 heterocycles. The van der Waals surface area contributed by atoms with Gasteiger partial charge in [0.15, 0.2) is 11.6 Å². The van der Waals surface area contributed by atoms with E-state index in [1.807, 2.05) is 24.4 Å². The molecule has 0 aliphatic heterocycles. The summed E-state index contributed by atoms with van der Waals surface area (Å²) >= 11 is 1.45. The van der Waals surface area contributed by atoms with Crippen LogP contribution in [0, 0.1) is 11.6 Å². The van der Waals surface area contributed by atoms with E-state index in [-0.39, 0.29) is 24.4 Å². The summed E-state index contributed by atoms with van der Waals surface area (Å²) in [6, 6.07) is 17.2. The highest BCUT2D eigenvalue weighted by Gasteiger charge is 2.18. The van der Waals surface area contributed by atoms with Crippen molar-refractivity contribution in [1.29, 1.82) is 0 Å². The van der Waals surface area contributed by atoms with Crippen molar-refractivity contribution < 1.29 is 27.8 Å². The molecule has 0 aliphatic rings. The Labute approximate surface area is 257 Å². The third-order valence-corrected chi connectivity index (χ3v) is 7.98. The standard InChI is InChI=1S/C33H30F2N4O4S/c1-39(24-7-5-23(34)6-8-24)32(41)17-25(40)15-21-4-10-29(26(35)16-21)43-30-11-12-37-28-18-31(44-33(28)30)27-9-3-22(20-38-27)19-36-13-14-42-2/h3-12,16,18,20,36H,13-15,17,19H2,1-2H3. The van der Waals surface area contributed by atoms with Gasteiger partial charge in [-0.05, 0) is 59.7 Å². The van der Waals surface area contributed by atoms with Crippen molar-refractivity contribution in [2.75, 3.05) is 32.2 Å². The highest BCUT2D eigenvalue weighted by atomic mass is 32.1. The van der Waals surface area contributed by atoms with Crippen LogP contribution in [0.4, 0.5) is 14.5 Å². The van der Waals surface area contributed by atoms with Gasteiger partial charge in [0.25, 0.3) is 0 Å². The summed E-state index contributed by atoms with van der Waals surface area (Å²) in [4.78, 5) is 36.3. The highest BCUT2D eigenvalue weighted by Crippen LogP contribution is 2.39. The first kappa shape index (κ1) is 30.9. The number of rotatable bonds is 13. The average molecular weight is 617 g/mol. The molecule has 0 atom stereocenters. The number of thiophene rings is 1. The van der Waals surface area contributed by atoms with Crippen LogP contribution in [-0.4, -0.2) is 49.0 Å². The minimum atomic E-state index is -0.636. The molecule has 5 aromatic rings. The molecule has 1 amide bonds. The Morgan fingerprint density at radius 1 is 0.955 bits per heavy atom. The van der Waals surface area contributed by atoms with E-state index in [2.05, 4.69) is 15.3 Å². The van der Waals surface area contributed by atoms with E-state index in [1.54, 1.807) is 25.4 Å². The lowest BCUT2D eigenvalue weighted by molar-refractivity contribution is -0.126. The van der Waals surface area contributed by atoms with E-state index >= 15 is 4.39 Å². The molecule has 0 saturated carbocycles. The fourth-order valence-electron chi connectivity index (χ4n) is 4.44. The number of benzene rings is 2. The van der Waals surface area contributed by atoms with Crippen molar-refractivity contribution in [2.45, 2.75) is 19.4 Å². The van der Waals surface area contributed by atoms with Gasteiger partial charge in [-0.3, -0.25) is 19.6 Å². The number of methoxy groups -OCH3 is 1. The SMILES string of the molecule is COCCNCc1ccc(-c2cc3nccc(Oc4ccc(CC(=O)CC(=O)N(C)c5ccc(F)cc5)cc4F)c3s2)nc1. The molecular formula is C33H30F2N4O4S. The Morgan fingerprint density at radius 3 is 2.48 bits per heavy atom. The first-order valence-corrected chi connectivity index (χ1v) is 14.7. The number of ether oxygens (including phenoxy) is 2. The number of hydrogen-bond acceptors (Lipinski definition) is 8. The maximum Gasteiger partial charge on any atom is 0.234 e. The summed E-state index contributed by atoms with van der Waals surface area (Å²) in [7, 11) is 3.18. The van der Waals surface area contributed by atoms with Crippen LogP contribution < -0.4 is 15.0 Å². The molecular weight excluding hydrogens is 586 g/mol. The zero-order valence-corrected chi connectivity index (χ0v) is 25.0. The predicted octanol–water partition coefficient (Wildman–Crippen LogP) is 6.33. The van der Waals surface area contributed by atoms with E-state index in [4.69, 9.17) is 9.47 Å². The number of hydrogen-bond donors (Lipinski definition) is 1. The Bertz CT molecular complexity index is 1760. The summed E-state index contributed by atoms with van der Waals surface area (Å²) in [5.41, 5.74) is 3.43. The van der Waals surface area contributed by atoms with Gasteiger partial charge < -0.3 is 19.7 Å². The normalized spacial score (nSPS) is 11.1. The number of halogens is 2. The summed E-state index contributed by atoms with van der Waals surface area (Å²) in [5, 5.41) is 3.29. The third kappa shape index (κ3) is 7.67. The highest BCUT2D eigenvalue weighted by molar-refractivity contribution is 7.22. The van der Waals surface area contributed by atoms with Gasteiger partial charge in [-0.1, -0.05) is 12.1 Å². The van der Waals surface area contributed by atoms with Gasteiger partial charge in [-0.25, -0.2) is 8.78 Å². The molecule has 0 unspecified atom stereocenters. The second-order valence-electron chi connectivity index (χ2n) is 10.0. The van der Waals surface area contributed by atoms with Gasteiger partial charge in [0.2, 0.25) is 5.91 Å². The zero-order chi connectivity index (χ0) is 31.1. The number of nitrogens with one attached hydrogen (secondary N) is 1. The van der Waals surface area contributed by atoms with Crippen molar-refractivity contribution in [1.82, 2.24) is 15.3 Å². The summed E-state index contributed by atoms with van der Waals surface area (Å²) in [5.74, 6) is -1.43. The van der Waals surface area contributed by atoms with Crippen molar-refractivity contribution in [3.63, 3.8) is 0 Å². The largest absolute Gasteiger partial charge is 0.453 e. The molecule has 0 saturated heterocycles. The van der Waals surface area contributed by atoms with Crippen LogP contribution in [0.3, 0.4) is 0 Å². The van der Waals surface area contributed by atoms with Crippen LogP contribution in [0.1, 0.15) is 17.5 Å². The van der Waals surface area contributed by atoms with E-state index in [1.165, 1.54) is 59.7 Å². The third-order valence-electron chi connectivity index (χ3n) is 6.82. The van der Waals surface area contributed by atoms with Crippen LogP contribution in [0.2, 0.25) is 0 Å². The van der Waals surface area contributed by atoms with Crippen molar-refractivity contribution in [3.05, 3.63) is 102 Å². The van der Waals surface area contributed by atoms with Gasteiger partial charge in [-0.2, -0.15) is 0 Å². The lowest BCUT2D eigenvalue weighted by Gasteiger charge is -2.17. The number of aromatic nitrogens is 2. The maximum absolute atomic E-state index is 15.1. The lowest BCUT2D eigenvalue weighted by Crippen LogP contribution is -2.28. The van der Waals surface area contributed by atoms with Crippen molar-refractivity contribution in [2.24, 2.45) is 0 Å². The Kier molecular flexibility index (Phi) is 10.0. The number of fused-ring (bicyclic) bond motifs is 1. The van der Waals surface area contributed by atoms with Crippen LogP contribution >= 0.6 is 11.3 Å². The molecule has 0 aliphatic carbocycles. The van der Waals surface area contributed by atoms with Gasteiger partial charge in [0.05, 0.1) is 33.8 Å². The summed E-state index contributed by atoms with van der Waals surface area (Å²) in [6.45, 7) is 2.08. The Hall–Kier alpha value is -4.58. The molecule has 0 spiro atoms. The Balaban J connectivity index is 1.22. The quantitative estimate of drug-likeness (QED) is 0.122. The second-order valence-corrected chi connectivity index (χ2v) is 11.1. The van der Waals surface area contributed by atoms with E-state index in [0.29, 0.717) is 35.7 Å². The fraction of sp³-hybridized carbons (Fsp3) is 0.212. The van der Waals surface area contributed by atoms with Crippen molar-refractivity contribution >= 4 is 38.9 Å². The zero-order valence-electron chi connectivity index (χ0n) is 24.2. The van der Waals surface area contributed by atoms with Crippen LogP contribution in [-0.2, 0) is 27.3 Å². The topological polar surface area (TPSA) is 93.6 Å². The van der Waals surface area contributed by atoms with E-state index in [0.717, 1.165) is 27.4 Å². The molecule has 2 aromatic carbocycles. The molecule has 11 heteroatoms. The fourth-order valence-corrected chi connectivity index (χ4v) is 5.49. The molecule has 0 bridgehead atoms. The molecule has 1 N–H and O–H groups in total. The second kappa shape index (κ2) is 14.3. The minimum Gasteiger partial charge on any atom is -0.453 e. The number of anilines is 1. The predicted molar refractivity (Wildman–Crippen MR) is 166 cm³/mol. The van der Waals surface area contributed by atoms with Crippen molar-refractivity contribution in [3.8, 4) is 22.1 Å². The van der Waals surface area contributed by atoms with Gasteiger partial charge >= 0.3 is 0 Å². The van der Waals surface area contributed by atoms with Crippen LogP contribution in [0.25, 0.3) is 20.8 Å².